The number of hydrogen-bond donors (Lipinski definition) is 1. The first kappa shape index (κ1) is 13.3. The van der Waals surface area contributed by atoms with E-state index in [1.54, 1.807) is 0 Å². The fourth-order valence-corrected chi connectivity index (χ4v) is 2.18. The highest BCUT2D eigenvalue weighted by molar-refractivity contribution is 7.99. The monoisotopic (exact) mass is 203 g/mol. The van der Waals surface area contributed by atoms with Crippen molar-refractivity contribution in [3.63, 3.8) is 0 Å². The summed E-state index contributed by atoms with van der Waals surface area (Å²) in [5.41, 5.74) is 0. The van der Waals surface area contributed by atoms with Gasteiger partial charge in [-0.2, -0.15) is 11.8 Å². The second-order valence-electron chi connectivity index (χ2n) is 3.87. The van der Waals surface area contributed by atoms with Gasteiger partial charge in [0, 0.05) is 6.04 Å². The lowest BCUT2D eigenvalue weighted by Crippen LogP contribution is -2.23. The molecule has 2 atom stereocenters. The first-order valence-corrected chi connectivity index (χ1v) is 6.61. The molecule has 0 fully saturated rings. The molecule has 0 aromatic heterocycles. The van der Waals surface area contributed by atoms with E-state index in [1.165, 1.54) is 30.8 Å². The van der Waals surface area contributed by atoms with Gasteiger partial charge in [-0.1, -0.05) is 13.8 Å². The fourth-order valence-electron chi connectivity index (χ4n) is 1.52. The average Bonchev–Trinajstić information content (AvgIpc) is 2.12. The standard InChI is InChI=1S/C11H25NS/c1-5-13-8-6-7-10(2)9-11(3)12-4/h10-12H,5-9H2,1-4H3. The Labute approximate surface area is 88.1 Å². The molecule has 80 valence electrons. The molecule has 0 spiro atoms. The largest absolute Gasteiger partial charge is 0.317 e. The first-order chi connectivity index (χ1) is 6.20. The zero-order valence-corrected chi connectivity index (χ0v) is 10.4. The quantitative estimate of drug-likeness (QED) is 0.608. The number of thioether (sulfide) groups is 1. The summed E-state index contributed by atoms with van der Waals surface area (Å²) in [7, 11) is 2.05. The molecule has 13 heavy (non-hydrogen) atoms. The van der Waals surface area contributed by atoms with Crippen LogP contribution in [0.5, 0.6) is 0 Å². The Bertz CT molecular complexity index is 106. The van der Waals surface area contributed by atoms with Crippen molar-refractivity contribution in [2.24, 2.45) is 5.92 Å². The summed E-state index contributed by atoms with van der Waals surface area (Å²) in [6.45, 7) is 6.86. The third-order valence-electron chi connectivity index (χ3n) is 2.44. The van der Waals surface area contributed by atoms with Gasteiger partial charge >= 0.3 is 0 Å². The van der Waals surface area contributed by atoms with Crippen LogP contribution in [0.25, 0.3) is 0 Å². The first-order valence-electron chi connectivity index (χ1n) is 5.45. The predicted octanol–water partition coefficient (Wildman–Crippen LogP) is 3.15. The lowest BCUT2D eigenvalue weighted by molar-refractivity contribution is 0.417. The van der Waals surface area contributed by atoms with Crippen LogP contribution < -0.4 is 5.32 Å². The highest BCUT2D eigenvalue weighted by atomic mass is 32.2. The van der Waals surface area contributed by atoms with Crippen molar-refractivity contribution in [3.8, 4) is 0 Å². The predicted molar refractivity (Wildman–Crippen MR) is 64.5 cm³/mol. The van der Waals surface area contributed by atoms with Crippen LogP contribution in [-0.4, -0.2) is 24.6 Å². The second-order valence-corrected chi connectivity index (χ2v) is 5.26. The van der Waals surface area contributed by atoms with E-state index >= 15 is 0 Å². The van der Waals surface area contributed by atoms with Gasteiger partial charge in [-0.15, -0.1) is 0 Å². The van der Waals surface area contributed by atoms with Crippen LogP contribution in [0.1, 0.15) is 40.0 Å². The molecule has 0 aliphatic rings. The minimum absolute atomic E-state index is 0.675. The van der Waals surface area contributed by atoms with Crippen LogP contribution in [0.4, 0.5) is 0 Å². The van der Waals surface area contributed by atoms with Gasteiger partial charge in [0.15, 0.2) is 0 Å². The summed E-state index contributed by atoms with van der Waals surface area (Å²) in [5, 5.41) is 3.29. The van der Waals surface area contributed by atoms with E-state index in [4.69, 9.17) is 0 Å². The third kappa shape index (κ3) is 8.63. The molecular weight excluding hydrogens is 178 g/mol. The van der Waals surface area contributed by atoms with Crippen LogP contribution in [0.15, 0.2) is 0 Å². The summed E-state index contributed by atoms with van der Waals surface area (Å²) in [6.07, 6.45) is 4.09. The summed E-state index contributed by atoms with van der Waals surface area (Å²) in [6, 6.07) is 0.675. The maximum Gasteiger partial charge on any atom is 0.00382 e. The zero-order chi connectivity index (χ0) is 10.1. The molecule has 1 N–H and O–H groups in total. The van der Waals surface area contributed by atoms with Crippen LogP contribution in [0.3, 0.4) is 0 Å². The summed E-state index contributed by atoms with van der Waals surface area (Å²) < 4.78 is 0. The molecule has 0 saturated heterocycles. The fraction of sp³-hybridized carbons (Fsp3) is 1.00. The number of nitrogens with one attached hydrogen (secondary N) is 1. The van der Waals surface area contributed by atoms with E-state index in [-0.39, 0.29) is 0 Å². The van der Waals surface area contributed by atoms with Crippen molar-refractivity contribution >= 4 is 11.8 Å². The Kier molecular flexibility index (Phi) is 9.10. The summed E-state index contributed by atoms with van der Waals surface area (Å²) >= 11 is 2.06. The van der Waals surface area contributed by atoms with Crippen molar-refractivity contribution in [1.29, 1.82) is 0 Å². The lowest BCUT2D eigenvalue weighted by Gasteiger charge is -2.16. The molecule has 0 rings (SSSR count). The van der Waals surface area contributed by atoms with Gasteiger partial charge in [-0.25, -0.2) is 0 Å². The molecule has 0 aliphatic carbocycles. The molecule has 0 radical (unpaired) electrons. The number of hydrogen-bond acceptors (Lipinski definition) is 2. The number of rotatable bonds is 8. The molecule has 0 aromatic carbocycles. The second kappa shape index (κ2) is 8.89. The van der Waals surface area contributed by atoms with Gasteiger partial charge in [-0.3, -0.25) is 0 Å². The molecular formula is C11H25NS. The highest BCUT2D eigenvalue weighted by Gasteiger charge is 2.06. The smallest absolute Gasteiger partial charge is 0.00382 e. The van der Waals surface area contributed by atoms with Crippen molar-refractivity contribution in [2.45, 2.75) is 46.1 Å². The molecule has 2 heteroatoms. The van der Waals surface area contributed by atoms with Crippen molar-refractivity contribution in [2.75, 3.05) is 18.6 Å². The highest BCUT2D eigenvalue weighted by Crippen LogP contribution is 2.14. The van der Waals surface area contributed by atoms with Gasteiger partial charge in [0.25, 0.3) is 0 Å². The topological polar surface area (TPSA) is 12.0 Å². The van der Waals surface area contributed by atoms with Crippen molar-refractivity contribution in [3.05, 3.63) is 0 Å². The zero-order valence-electron chi connectivity index (χ0n) is 9.60. The molecule has 0 heterocycles. The van der Waals surface area contributed by atoms with E-state index < -0.39 is 0 Å². The minimum Gasteiger partial charge on any atom is -0.317 e. The van der Waals surface area contributed by atoms with Crippen LogP contribution in [0, 0.1) is 5.92 Å². The minimum atomic E-state index is 0.675. The average molecular weight is 203 g/mol. The van der Waals surface area contributed by atoms with Crippen molar-refractivity contribution in [1.82, 2.24) is 5.32 Å². The van der Waals surface area contributed by atoms with E-state index in [0.717, 1.165) is 5.92 Å². The van der Waals surface area contributed by atoms with Crippen LogP contribution in [0.2, 0.25) is 0 Å². The Morgan fingerprint density at radius 2 is 2.00 bits per heavy atom. The molecule has 0 saturated carbocycles. The molecule has 0 bridgehead atoms. The maximum atomic E-state index is 3.29. The third-order valence-corrected chi connectivity index (χ3v) is 3.42. The summed E-state index contributed by atoms with van der Waals surface area (Å²) in [5.74, 6) is 3.48. The van der Waals surface area contributed by atoms with Gasteiger partial charge < -0.3 is 5.32 Å². The van der Waals surface area contributed by atoms with E-state index in [1.807, 2.05) is 7.05 Å². The van der Waals surface area contributed by atoms with E-state index in [0.29, 0.717) is 6.04 Å². The molecule has 0 aliphatic heterocycles. The van der Waals surface area contributed by atoms with Crippen molar-refractivity contribution < 1.29 is 0 Å². The van der Waals surface area contributed by atoms with Crippen LogP contribution in [-0.2, 0) is 0 Å². The van der Waals surface area contributed by atoms with Gasteiger partial charge in [-0.05, 0) is 50.7 Å². The van der Waals surface area contributed by atoms with E-state index in [9.17, 15) is 0 Å². The Balaban J connectivity index is 3.24. The Morgan fingerprint density at radius 3 is 2.54 bits per heavy atom. The Morgan fingerprint density at radius 1 is 1.31 bits per heavy atom. The summed E-state index contributed by atoms with van der Waals surface area (Å²) in [4.78, 5) is 0. The van der Waals surface area contributed by atoms with Crippen LogP contribution >= 0.6 is 11.8 Å². The van der Waals surface area contributed by atoms with E-state index in [2.05, 4.69) is 37.8 Å². The molecule has 0 amide bonds. The Hall–Kier alpha value is 0.310. The van der Waals surface area contributed by atoms with Gasteiger partial charge in [0.2, 0.25) is 0 Å². The molecule has 1 nitrogen and oxygen atoms in total. The lowest BCUT2D eigenvalue weighted by atomic mass is 9.98. The normalized spacial score (nSPS) is 15.7. The van der Waals surface area contributed by atoms with Gasteiger partial charge in [0.1, 0.15) is 0 Å². The molecule has 0 aromatic rings. The molecule has 2 unspecified atom stereocenters. The SMILES string of the molecule is CCSCCCC(C)CC(C)NC. The maximum absolute atomic E-state index is 3.29. The van der Waals surface area contributed by atoms with Gasteiger partial charge in [0.05, 0.1) is 0 Å².